The molecule has 0 heterocycles. The zero-order chi connectivity index (χ0) is 19.9. The Morgan fingerprint density at radius 1 is 0.654 bits per heavy atom. The third-order valence-corrected chi connectivity index (χ3v) is 3.43. The van der Waals surface area contributed by atoms with E-state index in [-0.39, 0.29) is 0 Å². The van der Waals surface area contributed by atoms with E-state index in [2.05, 4.69) is 0 Å². The van der Waals surface area contributed by atoms with Crippen LogP contribution in [0.1, 0.15) is 31.8 Å². The molecule has 26 heavy (non-hydrogen) atoms. The van der Waals surface area contributed by atoms with Crippen molar-refractivity contribution in [2.24, 2.45) is 0 Å². The predicted molar refractivity (Wildman–Crippen MR) is 70.5 cm³/mol. The summed E-state index contributed by atoms with van der Waals surface area (Å²) in [5.41, 5.74) is -8.78. The molecular weight excluding hydrogens is 370 g/mol. The number of carbonyl (C=O) groups is 2. The minimum Gasteiger partial charge on any atom is -0.545 e. The lowest BCUT2D eigenvalue weighted by molar-refractivity contribution is -0.256. The molecule has 138 valence electrons. The molecule has 0 fully saturated rings. The fourth-order valence-corrected chi connectivity index (χ4v) is 2.50. The summed E-state index contributed by atoms with van der Waals surface area (Å²) in [6, 6.07) is 3.86. The van der Waals surface area contributed by atoms with Crippen molar-refractivity contribution >= 4 is 11.9 Å². The molecule has 0 saturated carbocycles. The summed E-state index contributed by atoms with van der Waals surface area (Å²) in [5, 5.41) is 21.9. The highest BCUT2D eigenvalue weighted by atomic mass is 19.4. The van der Waals surface area contributed by atoms with Crippen molar-refractivity contribution in [2.45, 2.75) is 12.4 Å². The molecule has 10 heteroatoms. The Bertz CT molecular complexity index is 810. The molecule has 0 N–H and O–H groups in total. The number of carbonyl (C=O) groups excluding carboxylic acids is 2. The molecular formula is C16H6F6O4-2. The van der Waals surface area contributed by atoms with Crippen LogP contribution in [0.3, 0.4) is 0 Å². The molecule has 2 aromatic rings. The first-order valence-corrected chi connectivity index (χ1v) is 6.69. The average Bonchev–Trinajstić information content (AvgIpc) is 2.51. The number of carboxylic acids is 2. The van der Waals surface area contributed by atoms with Gasteiger partial charge >= 0.3 is 12.4 Å². The summed E-state index contributed by atoms with van der Waals surface area (Å²) >= 11 is 0. The van der Waals surface area contributed by atoms with Crippen molar-refractivity contribution in [3.05, 3.63) is 58.7 Å². The molecule has 0 aromatic heterocycles. The Hall–Kier alpha value is -3.04. The molecule has 2 rings (SSSR count). The molecule has 0 spiro atoms. The van der Waals surface area contributed by atoms with E-state index in [1.54, 1.807) is 0 Å². The molecule has 0 unspecified atom stereocenters. The van der Waals surface area contributed by atoms with E-state index in [4.69, 9.17) is 0 Å². The number of benzene rings is 2. The number of carboxylic acid groups (broad SMARTS) is 2. The Morgan fingerprint density at radius 3 is 1.19 bits per heavy atom. The fraction of sp³-hybridized carbons (Fsp3) is 0.125. The Balaban J connectivity index is 2.99. The largest absolute Gasteiger partial charge is 0.545 e. The van der Waals surface area contributed by atoms with E-state index in [1.165, 1.54) is 0 Å². The SMILES string of the molecule is O=C([O-])c1cccc(-c2cccc(C(=O)[O-])c2C(F)(F)F)c1C(F)(F)F. The minimum atomic E-state index is -5.34. The van der Waals surface area contributed by atoms with Gasteiger partial charge in [-0.15, -0.1) is 0 Å². The Morgan fingerprint density at radius 2 is 0.962 bits per heavy atom. The van der Waals surface area contributed by atoms with Gasteiger partial charge in [-0.2, -0.15) is 26.3 Å². The second-order valence-corrected chi connectivity index (χ2v) is 5.03. The van der Waals surface area contributed by atoms with E-state index in [0.29, 0.717) is 24.3 Å². The average molecular weight is 376 g/mol. The van der Waals surface area contributed by atoms with Crippen molar-refractivity contribution < 1.29 is 46.1 Å². The van der Waals surface area contributed by atoms with Crippen LogP contribution in [0.4, 0.5) is 26.3 Å². The van der Waals surface area contributed by atoms with Crippen LogP contribution in [0.5, 0.6) is 0 Å². The first-order chi connectivity index (χ1) is 11.9. The molecule has 4 nitrogen and oxygen atoms in total. The van der Waals surface area contributed by atoms with Gasteiger partial charge in [-0.1, -0.05) is 36.4 Å². The zero-order valence-corrected chi connectivity index (χ0v) is 12.4. The lowest BCUT2D eigenvalue weighted by atomic mass is 9.89. The van der Waals surface area contributed by atoms with Crippen LogP contribution in [-0.4, -0.2) is 11.9 Å². The van der Waals surface area contributed by atoms with Crippen LogP contribution in [0, 0.1) is 0 Å². The molecule has 0 bridgehead atoms. The van der Waals surface area contributed by atoms with Gasteiger partial charge in [0.2, 0.25) is 0 Å². The van der Waals surface area contributed by atoms with Gasteiger partial charge in [-0.25, -0.2) is 0 Å². The number of halogens is 6. The third-order valence-electron chi connectivity index (χ3n) is 3.43. The number of hydrogen-bond acceptors (Lipinski definition) is 4. The lowest BCUT2D eigenvalue weighted by Crippen LogP contribution is -2.28. The third kappa shape index (κ3) is 3.48. The highest BCUT2D eigenvalue weighted by molar-refractivity contribution is 5.94. The van der Waals surface area contributed by atoms with Crippen molar-refractivity contribution in [3.8, 4) is 11.1 Å². The van der Waals surface area contributed by atoms with Crippen molar-refractivity contribution in [1.82, 2.24) is 0 Å². The van der Waals surface area contributed by atoms with Crippen LogP contribution in [0.15, 0.2) is 36.4 Å². The molecule has 0 atom stereocenters. The topological polar surface area (TPSA) is 80.3 Å². The highest BCUT2D eigenvalue weighted by Gasteiger charge is 2.41. The molecule has 0 aliphatic carbocycles. The zero-order valence-electron chi connectivity index (χ0n) is 12.4. The summed E-state index contributed by atoms with van der Waals surface area (Å²) in [6.45, 7) is 0. The van der Waals surface area contributed by atoms with Crippen molar-refractivity contribution in [1.29, 1.82) is 0 Å². The van der Waals surface area contributed by atoms with Gasteiger partial charge in [0.1, 0.15) is 0 Å². The Kier molecular flexibility index (Phi) is 4.71. The van der Waals surface area contributed by atoms with E-state index < -0.39 is 57.7 Å². The minimum absolute atomic E-state index is 0.525. The van der Waals surface area contributed by atoms with E-state index >= 15 is 0 Å². The normalized spacial score (nSPS) is 12.1. The fourth-order valence-electron chi connectivity index (χ4n) is 2.50. The molecule has 0 radical (unpaired) electrons. The van der Waals surface area contributed by atoms with Crippen LogP contribution in [-0.2, 0) is 12.4 Å². The molecule has 0 aliphatic rings. The summed E-state index contributed by atoms with van der Waals surface area (Å²) in [5.74, 6) is -4.49. The number of rotatable bonds is 3. The summed E-state index contributed by atoms with van der Waals surface area (Å²) in [4.78, 5) is 21.9. The molecule has 2 aromatic carbocycles. The number of hydrogen-bond donors (Lipinski definition) is 0. The molecule has 0 saturated heterocycles. The van der Waals surface area contributed by atoms with E-state index in [1.807, 2.05) is 0 Å². The quantitative estimate of drug-likeness (QED) is 0.769. The molecule has 0 aliphatic heterocycles. The van der Waals surface area contributed by atoms with Crippen molar-refractivity contribution in [3.63, 3.8) is 0 Å². The van der Waals surface area contributed by atoms with Gasteiger partial charge in [0.05, 0.1) is 23.1 Å². The highest BCUT2D eigenvalue weighted by Crippen LogP contribution is 2.44. The first-order valence-electron chi connectivity index (χ1n) is 6.69. The second-order valence-electron chi connectivity index (χ2n) is 5.03. The maximum atomic E-state index is 13.3. The maximum absolute atomic E-state index is 13.3. The van der Waals surface area contributed by atoms with Crippen LogP contribution in [0.25, 0.3) is 11.1 Å². The Labute approximate surface area is 141 Å². The van der Waals surface area contributed by atoms with Crippen LogP contribution < -0.4 is 10.2 Å². The first kappa shape index (κ1) is 19.3. The summed E-state index contributed by atoms with van der Waals surface area (Å²) in [6.07, 6.45) is -10.7. The summed E-state index contributed by atoms with van der Waals surface area (Å²) < 4.78 is 80.0. The van der Waals surface area contributed by atoms with Gasteiger partial charge < -0.3 is 19.8 Å². The van der Waals surface area contributed by atoms with E-state index in [9.17, 15) is 46.1 Å². The summed E-state index contributed by atoms with van der Waals surface area (Å²) in [7, 11) is 0. The van der Waals surface area contributed by atoms with Crippen LogP contribution >= 0.6 is 0 Å². The molecule has 0 amide bonds. The van der Waals surface area contributed by atoms with Crippen molar-refractivity contribution in [2.75, 3.05) is 0 Å². The number of alkyl halides is 6. The predicted octanol–water partition coefficient (Wildman–Crippen LogP) is 2.12. The van der Waals surface area contributed by atoms with Gasteiger partial charge in [0.15, 0.2) is 0 Å². The van der Waals surface area contributed by atoms with Gasteiger partial charge in [-0.3, -0.25) is 0 Å². The number of aromatic carboxylic acids is 2. The monoisotopic (exact) mass is 376 g/mol. The lowest BCUT2D eigenvalue weighted by Gasteiger charge is -2.22. The van der Waals surface area contributed by atoms with Gasteiger partial charge in [0, 0.05) is 11.1 Å². The second kappa shape index (κ2) is 6.36. The van der Waals surface area contributed by atoms with E-state index in [0.717, 1.165) is 12.1 Å². The van der Waals surface area contributed by atoms with Gasteiger partial charge in [0.25, 0.3) is 0 Å². The standard InChI is InChI=1S/C16H8F6O4/c17-15(18,19)11-7(3-1-5-9(11)13(23)24)8-4-2-6-10(14(25)26)12(8)16(20,21)22/h1-6H,(H,23,24)(H,25,26)/p-2. The van der Waals surface area contributed by atoms with Gasteiger partial charge in [-0.05, 0) is 11.1 Å². The van der Waals surface area contributed by atoms with Crippen LogP contribution in [0.2, 0.25) is 0 Å². The smallest absolute Gasteiger partial charge is 0.417 e. The maximum Gasteiger partial charge on any atom is 0.417 e.